The first-order valence-electron chi connectivity index (χ1n) is 7.95. The second kappa shape index (κ2) is 10.9. The summed E-state index contributed by atoms with van der Waals surface area (Å²) in [6.07, 6.45) is 5.01. The molecule has 0 fully saturated rings. The lowest BCUT2D eigenvalue weighted by molar-refractivity contribution is 0.546. The zero-order valence-corrected chi connectivity index (χ0v) is 17.2. The molecule has 1 aromatic rings. The van der Waals surface area contributed by atoms with Crippen LogP contribution in [-0.2, 0) is 13.6 Å². The molecule has 5 nitrogen and oxygen atoms in total. The Morgan fingerprint density at radius 2 is 2.00 bits per heavy atom. The molecule has 1 unspecified atom stereocenters. The molecular formula is C16H32IN5. The molecule has 1 aromatic heterocycles. The summed E-state index contributed by atoms with van der Waals surface area (Å²) in [6.45, 7) is 9.35. The van der Waals surface area contributed by atoms with Crippen molar-refractivity contribution in [1.82, 2.24) is 20.4 Å². The third kappa shape index (κ3) is 6.54. The van der Waals surface area contributed by atoms with Gasteiger partial charge in [0.2, 0.25) is 0 Å². The van der Waals surface area contributed by atoms with Crippen LogP contribution in [0, 0.1) is 13.8 Å². The summed E-state index contributed by atoms with van der Waals surface area (Å²) in [4.78, 5) is 4.30. The third-order valence-corrected chi connectivity index (χ3v) is 3.94. The summed E-state index contributed by atoms with van der Waals surface area (Å²) in [5, 5.41) is 11.3. The molecule has 0 amide bonds. The van der Waals surface area contributed by atoms with Crippen molar-refractivity contribution in [3.63, 3.8) is 0 Å². The van der Waals surface area contributed by atoms with Crippen LogP contribution >= 0.6 is 24.0 Å². The first-order valence-corrected chi connectivity index (χ1v) is 7.95. The molecule has 1 atom stereocenters. The summed E-state index contributed by atoms with van der Waals surface area (Å²) in [7, 11) is 3.80. The van der Waals surface area contributed by atoms with Crippen LogP contribution in [0.2, 0.25) is 0 Å². The molecule has 0 spiro atoms. The van der Waals surface area contributed by atoms with E-state index < -0.39 is 0 Å². The van der Waals surface area contributed by atoms with Crippen LogP contribution in [0.1, 0.15) is 56.5 Å². The molecule has 0 bridgehead atoms. The highest BCUT2D eigenvalue weighted by Gasteiger charge is 2.10. The van der Waals surface area contributed by atoms with Crippen molar-refractivity contribution in [2.45, 2.75) is 66.0 Å². The van der Waals surface area contributed by atoms with Crippen LogP contribution in [-0.4, -0.2) is 28.8 Å². The van der Waals surface area contributed by atoms with Crippen LogP contribution in [0.25, 0.3) is 0 Å². The number of unbranched alkanes of at least 4 members (excludes halogenated alkanes) is 2. The first-order chi connectivity index (χ1) is 9.99. The van der Waals surface area contributed by atoms with Gasteiger partial charge in [-0.1, -0.05) is 26.2 Å². The fraction of sp³-hybridized carbons (Fsp3) is 0.750. The van der Waals surface area contributed by atoms with E-state index in [1.807, 2.05) is 25.7 Å². The van der Waals surface area contributed by atoms with Gasteiger partial charge in [-0.25, -0.2) is 0 Å². The van der Waals surface area contributed by atoms with E-state index in [-0.39, 0.29) is 24.0 Å². The van der Waals surface area contributed by atoms with E-state index in [1.54, 1.807) is 0 Å². The van der Waals surface area contributed by atoms with Crippen molar-refractivity contribution in [3.05, 3.63) is 17.0 Å². The van der Waals surface area contributed by atoms with Crippen LogP contribution < -0.4 is 10.6 Å². The Kier molecular flexibility index (Phi) is 10.5. The van der Waals surface area contributed by atoms with Gasteiger partial charge in [0, 0.05) is 37.9 Å². The maximum Gasteiger partial charge on any atom is 0.191 e. The number of nitrogens with one attached hydrogen (secondary N) is 2. The standard InChI is InChI=1S/C16H31N5.HI/c1-7-8-9-10-12(2)19-16(17-5)18-11-15-13(3)20-21(6)14(15)4;/h12H,7-11H2,1-6H3,(H2,17,18,19);1H. The molecular weight excluding hydrogens is 389 g/mol. The van der Waals surface area contributed by atoms with Gasteiger partial charge in [-0.2, -0.15) is 5.10 Å². The molecule has 22 heavy (non-hydrogen) atoms. The van der Waals surface area contributed by atoms with Crippen molar-refractivity contribution in [2.75, 3.05) is 7.05 Å². The molecule has 1 heterocycles. The van der Waals surface area contributed by atoms with Gasteiger partial charge in [0.05, 0.1) is 5.69 Å². The second-order valence-corrected chi connectivity index (χ2v) is 5.74. The van der Waals surface area contributed by atoms with E-state index >= 15 is 0 Å². The van der Waals surface area contributed by atoms with Gasteiger partial charge in [0.1, 0.15) is 0 Å². The highest BCUT2D eigenvalue weighted by atomic mass is 127. The number of guanidine groups is 1. The maximum absolute atomic E-state index is 4.44. The largest absolute Gasteiger partial charge is 0.354 e. The van der Waals surface area contributed by atoms with Gasteiger partial charge in [-0.3, -0.25) is 9.67 Å². The molecule has 0 saturated carbocycles. The SMILES string of the molecule is CCCCCC(C)NC(=NC)NCc1c(C)nn(C)c1C.I. The van der Waals surface area contributed by atoms with E-state index in [4.69, 9.17) is 0 Å². The van der Waals surface area contributed by atoms with Crippen molar-refractivity contribution >= 4 is 29.9 Å². The molecule has 0 radical (unpaired) electrons. The molecule has 2 N–H and O–H groups in total. The van der Waals surface area contributed by atoms with Gasteiger partial charge in [-0.05, 0) is 27.2 Å². The number of nitrogens with zero attached hydrogens (tertiary/aromatic N) is 3. The first kappa shape index (κ1) is 21.2. The summed E-state index contributed by atoms with van der Waals surface area (Å²) in [6, 6.07) is 0.443. The summed E-state index contributed by atoms with van der Waals surface area (Å²) in [5.74, 6) is 0.863. The van der Waals surface area contributed by atoms with Gasteiger partial charge < -0.3 is 10.6 Å². The van der Waals surface area contributed by atoms with Crippen molar-refractivity contribution in [3.8, 4) is 0 Å². The highest BCUT2D eigenvalue weighted by molar-refractivity contribution is 14.0. The number of halogens is 1. The smallest absolute Gasteiger partial charge is 0.191 e. The molecule has 0 aliphatic heterocycles. The third-order valence-electron chi connectivity index (χ3n) is 3.94. The highest BCUT2D eigenvalue weighted by Crippen LogP contribution is 2.11. The average molecular weight is 421 g/mol. The molecule has 0 aliphatic rings. The lowest BCUT2D eigenvalue weighted by Gasteiger charge is -2.18. The summed E-state index contributed by atoms with van der Waals surface area (Å²) < 4.78 is 1.93. The lowest BCUT2D eigenvalue weighted by Crippen LogP contribution is -2.41. The van der Waals surface area contributed by atoms with Crippen LogP contribution in [0.5, 0.6) is 0 Å². The lowest BCUT2D eigenvalue weighted by atomic mass is 10.1. The number of aryl methyl sites for hydroxylation is 2. The van der Waals surface area contributed by atoms with E-state index in [9.17, 15) is 0 Å². The normalized spacial score (nSPS) is 12.7. The minimum atomic E-state index is 0. The maximum atomic E-state index is 4.44. The number of aliphatic imine (C=N–C) groups is 1. The van der Waals surface area contributed by atoms with Crippen LogP contribution in [0.15, 0.2) is 4.99 Å². The molecule has 0 saturated heterocycles. The Morgan fingerprint density at radius 1 is 1.32 bits per heavy atom. The van der Waals surface area contributed by atoms with E-state index in [2.05, 4.69) is 41.5 Å². The molecule has 128 valence electrons. The molecule has 6 heteroatoms. The zero-order chi connectivity index (χ0) is 15.8. The average Bonchev–Trinajstić information content (AvgIpc) is 2.69. The number of aromatic nitrogens is 2. The van der Waals surface area contributed by atoms with Crippen LogP contribution in [0.3, 0.4) is 0 Å². The molecule has 0 aromatic carbocycles. The zero-order valence-electron chi connectivity index (χ0n) is 14.9. The van der Waals surface area contributed by atoms with Gasteiger partial charge in [-0.15, -0.1) is 24.0 Å². The molecule has 0 aliphatic carbocycles. The van der Waals surface area contributed by atoms with E-state index in [0.717, 1.165) is 18.2 Å². The Hall–Kier alpha value is -0.790. The van der Waals surface area contributed by atoms with Crippen molar-refractivity contribution in [2.24, 2.45) is 12.0 Å². The number of rotatable bonds is 7. The minimum Gasteiger partial charge on any atom is -0.354 e. The Labute approximate surface area is 152 Å². The van der Waals surface area contributed by atoms with Crippen molar-refractivity contribution < 1.29 is 0 Å². The quantitative estimate of drug-likeness (QED) is 0.308. The number of hydrogen-bond donors (Lipinski definition) is 2. The fourth-order valence-electron chi connectivity index (χ4n) is 2.45. The van der Waals surface area contributed by atoms with E-state index in [0.29, 0.717) is 6.04 Å². The Morgan fingerprint density at radius 3 is 2.50 bits per heavy atom. The summed E-state index contributed by atoms with van der Waals surface area (Å²) in [5.41, 5.74) is 3.53. The van der Waals surface area contributed by atoms with Crippen LogP contribution in [0.4, 0.5) is 0 Å². The van der Waals surface area contributed by atoms with Gasteiger partial charge in [0.25, 0.3) is 0 Å². The minimum absolute atomic E-state index is 0. The fourth-order valence-corrected chi connectivity index (χ4v) is 2.45. The van der Waals surface area contributed by atoms with E-state index in [1.165, 1.54) is 36.9 Å². The monoisotopic (exact) mass is 421 g/mol. The van der Waals surface area contributed by atoms with Gasteiger partial charge in [0.15, 0.2) is 5.96 Å². The predicted molar refractivity (Wildman–Crippen MR) is 105 cm³/mol. The topological polar surface area (TPSA) is 54.2 Å². The number of hydrogen-bond acceptors (Lipinski definition) is 2. The predicted octanol–water partition coefficient (Wildman–Crippen LogP) is 3.29. The van der Waals surface area contributed by atoms with Gasteiger partial charge >= 0.3 is 0 Å². The summed E-state index contributed by atoms with van der Waals surface area (Å²) >= 11 is 0. The Bertz CT molecular complexity index is 467. The Balaban J connectivity index is 0.00000441. The second-order valence-electron chi connectivity index (χ2n) is 5.74. The van der Waals surface area contributed by atoms with Crippen molar-refractivity contribution in [1.29, 1.82) is 0 Å². The molecule has 1 rings (SSSR count).